The lowest BCUT2D eigenvalue weighted by Gasteiger charge is -2.07. The summed E-state index contributed by atoms with van der Waals surface area (Å²) in [5.74, 6) is 1.02. The first-order valence-corrected chi connectivity index (χ1v) is 7.62. The molecule has 0 fully saturated rings. The van der Waals surface area contributed by atoms with Gasteiger partial charge in [0.15, 0.2) is 0 Å². The summed E-state index contributed by atoms with van der Waals surface area (Å²) in [6.45, 7) is 1.82. The fourth-order valence-electron chi connectivity index (χ4n) is 2.22. The van der Waals surface area contributed by atoms with E-state index in [0.29, 0.717) is 0 Å². The van der Waals surface area contributed by atoms with E-state index >= 15 is 0 Å². The van der Waals surface area contributed by atoms with Gasteiger partial charge in [0.2, 0.25) is 0 Å². The first kappa shape index (κ1) is 12.3. The van der Waals surface area contributed by atoms with Gasteiger partial charge in [0, 0.05) is 17.0 Å². The molecule has 3 heteroatoms. The molecule has 0 unspecified atom stereocenters. The van der Waals surface area contributed by atoms with Crippen molar-refractivity contribution in [3.63, 3.8) is 0 Å². The van der Waals surface area contributed by atoms with E-state index < -0.39 is 0 Å². The standard InChI is InChI=1S/C16H16N2S/c1-19-15-7-5-12(6-8-15)13-3-2-4-14(11-13)16-17-9-10-18-16/h2-8,11H,9-10H2,1H3,(H,17,18). The van der Waals surface area contributed by atoms with Gasteiger partial charge >= 0.3 is 0 Å². The quantitative estimate of drug-likeness (QED) is 0.863. The van der Waals surface area contributed by atoms with E-state index in [9.17, 15) is 0 Å². The molecule has 19 heavy (non-hydrogen) atoms. The highest BCUT2D eigenvalue weighted by Crippen LogP contribution is 2.24. The number of nitrogens with one attached hydrogen (secondary N) is 1. The second-order valence-corrected chi connectivity index (χ2v) is 5.35. The Labute approximate surface area is 118 Å². The Morgan fingerprint density at radius 2 is 1.79 bits per heavy atom. The van der Waals surface area contributed by atoms with Crippen LogP contribution in [0, 0.1) is 0 Å². The largest absolute Gasteiger partial charge is 0.368 e. The molecule has 1 aliphatic rings. The van der Waals surface area contributed by atoms with E-state index in [2.05, 4.69) is 65.1 Å². The van der Waals surface area contributed by atoms with Crippen LogP contribution in [0.1, 0.15) is 5.56 Å². The highest BCUT2D eigenvalue weighted by Gasteiger charge is 2.08. The van der Waals surface area contributed by atoms with Crippen LogP contribution in [0.25, 0.3) is 11.1 Å². The number of benzene rings is 2. The van der Waals surface area contributed by atoms with Gasteiger partial charge in [0.05, 0.1) is 6.54 Å². The molecule has 3 rings (SSSR count). The van der Waals surface area contributed by atoms with Crippen LogP contribution in [0.2, 0.25) is 0 Å². The molecule has 1 aliphatic heterocycles. The third-order valence-electron chi connectivity index (χ3n) is 3.23. The zero-order valence-corrected chi connectivity index (χ0v) is 11.7. The molecule has 0 saturated carbocycles. The Kier molecular flexibility index (Phi) is 3.56. The maximum atomic E-state index is 4.47. The Bertz CT molecular complexity index is 602. The van der Waals surface area contributed by atoms with Gasteiger partial charge in [-0.3, -0.25) is 4.99 Å². The minimum absolute atomic E-state index is 0.877. The van der Waals surface area contributed by atoms with Gasteiger partial charge in [-0.25, -0.2) is 0 Å². The van der Waals surface area contributed by atoms with Gasteiger partial charge in [0.25, 0.3) is 0 Å². The van der Waals surface area contributed by atoms with E-state index in [4.69, 9.17) is 0 Å². The lowest BCUT2D eigenvalue weighted by atomic mass is 10.0. The van der Waals surface area contributed by atoms with Crippen molar-refractivity contribution in [2.24, 2.45) is 4.99 Å². The van der Waals surface area contributed by atoms with Gasteiger partial charge in [-0.15, -0.1) is 11.8 Å². The highest BCUT2D eigenvalue weighted by atomic mass is 32.2. The lowest BCUT2D eigenvalue weighted by molar-refractivity contribution is 0.960. The van der Waals surface area contributed by atoms with Crippen LogP contribution in [-0.2, 0) is 0 Å². The molecule has 2 aromatic rings. The minimum atomic E-state index is 0.877. The molecule has 2 aromatic carbocycles. The molecule has 0 aromatic heterocycles. The van der Waals surface area contributed by atoms with Crippen molar-refractivity contribution in [2.75, 3.05) is 19.3 Å². The van der Waals surface area contributed by atoms with Crippen molar-refractivity contribution in [2.45, 2.75) is 4.90 Å². The monoisotopic (exact) mass is 268 g/mol. The molecule has 0 radical (unpaired) electrons. The topological polar surface area (TPSA) is 24.4 Å². The number of amidine groups is 1. The first-order valence-electron chi connectivity index (χ1n) is 6.40. The summed E-state index contributed by atoms with van der Waals surface area (Å²) in [6.07, 6.45) is 2.10. The van der Waals surface area contributed by atoms with Gasteiger partial charge in [0.1, 0.15) is 5.84 Å². The van der Waals surface area contributed by atoms with E-state index in [1.54, 1.807) is 11.8 Å². The summed E-state index contributed by atoms with van der Waals surface area (Å²) in [5.41, 5.74) is 3.66. The molecule has 0 saturated heterocycles. The number of thioether (sulfide) groups is 1. The second kappa shape index (κ2) is 5.49. The van der Waals surface area contributed by atoms with Crippen molar-refractivity contribution in [3.05, 3.63) is 54.1 Å². The van der Waals surface area contributed by atoms with Crippen LogP contribution in [0.4, 0.5) is 0 Å². The van der Waals surface area contributed by atoms with Gasteiger partial charge < -0.3 is 5.32 Å². The van der Waals surface area contributed by atoms with Crippen molar-refractivity contribution >= 4 is 17.6 Å². The average Bonchev–Trinajstić information content (AvgIpc) is 3.02. The van der Waals surface area contributed by atoms with Gasteiger partial charge in [-0.2, -0.15) is 0 Å². The molecule has 1 heterocycles. The zero-order chi connectivity index (χ0) is 13.1. The Morgan fingerprint density at radius 3 is 2.47 bits per heavy atom. The SMILES string of the molecule is CSc1ccc(-c2cccc(C3=NCCN3)c2)cc1. The normalized spacial score (nSPS) is 14.1. The summed E-state index contributed by atoms with van der Waals surface area (Å²) >= 11 is 1.77. The molecule has 0 atom stereocenters. The van der Waals surface area contributed by atoms with Gasteiger partial charge in [-0.05, 0) is 35.6 Å². The smallest absolute Gasteiger partial charge is 0.128 e. The fraction of sp³-hybridized carbons (Fsp3) is 0.188. The molecule has 0 bridgehead atoms. The highest BCUT2D eigenvalue weighted by molar-refractivity contribution is 7.98. The number of nitrogens with zero attached hydrogens (tertiary/aromatic N) is 1. The van der Waals surface area contributed by atoms with E-state index in [0.717, 1.165) is 18.9 Å². The summed E-state index contributed by atoms with van der Waals surface area (Å²) in [4.78, 5) is 5.76. The number of rotatable bonds is 3. The predicted octanol–water partition coefficient (Wildman–Crippen LogP) is 3.43. The maximum Gasteiger partial charge on any atom is 0.128 e. The van der Waals surface area contributed by atoms with Gasteiger partial charge in [-0.1, -0.05) is 30.3 Å². The molecular weight excluding hydrogens is 252 g/mol. The van der Waals surface area contributed by atoms with Crippen molar-refractivity contribution < 1.29 is 0 Å². The predicted molar refractivity (Wildman–Crippen MR) is 83.1 cm³/mol. The number of hydrogen-bond donors (Lipinski definition) is 1. The van der Waals surface area contributed by atoms with Crippen LogP contribution < -0.4 is 5.32 Å². The molecule has 0 spiro atoms. The molecule has 1 N–H and O–H groups in total. The third kappa shape index (κ3) is 2.66. The lowest BCUT2D eigenvalue weighted by Crippen LogP contribution is -2.19. The molecule has 0 amide bonds. The maximum absolute atomic E-state index is 4.47. The van der Waals surface area contributed by atoms with Crippen LogP contribution in [0.15, 0.2) is 58.4 Å². The average molecular weight is 268 g/mol. The molecule has 0 aliphatic carbocycles. The summed E-state index contributed by atoms with van der Waals surface area (Å²) in [7, 11) is 0. The first-order chi connectivity index (χ1) is 9.36. The third-order valence-corrected chi connectivity index (χ3v) is 3.98. The van der Waals surface area contributed by atoms with E-state index in [1.807, 2.05) is 0 Å². The molecule has 96 valence electrons. The Balaban J connectivity index is 1.93. The van der Waals surface area contributed by atoms with E-state index in [-0.39, 0.29) is 0 Å². The summed E-state index contributed by atoms with van der Waals surface area (Å²) in [5, 5.41) is 3.32. The Hall–Kier alpha value is -1.74. The van der Waals surface area contributed by atoms with Crippen molar-refractivity contribution in [1.29, 1.82) is 0 Å². The second-order valence-electron chi connectivity index (χ2n) is 4.47. The number of hydrogen-bond acceptors (Lipinski definition) is 3. The summed E-state index contributed by atoms with van der Waals surface area (Å²) in [6, 6.07) is 17.2. The van der Waals surface area contributed by atoms with Crippen molar-refractivity contribution in [3.8, 4) is 11.1 Å². The minimum Gasteiger partial charge on any atom is -0.368 e. The zero-order valence-electron chi connectivity index (χ0n) is 10.9. The molecule has 2 nitrogen and oxygen atoms in total. The Morgan fingerprint density at radius 1 is 1.00 bits per heavy atom. The molecular formula is C16H16N2S. The van der Waals surface area contributed by atoms with Crippen molar-refractivity contribution in [1.82, 2.24) is 5.32 Å². The van der Waals surface area contributed by atoms with Crippen LogP contribution in [-0.4, -0.2) is 25.2 Å². The fourth-order valence-corrected chi connectivity index (χ4v) is 2.63. The van der Waals surface area contributed by atoms with E-state index in [1.165, 1.54) is 21.6 Å². The van der Waals surface area contributed by atoms with Crippen LogP contribution >= 0.6 is 11.8 Å². The van der Waals surface area contributed by atoms with Crippen LogP contribution in [0.3, 0.4) is 0 Å². The summed E-state index contributed by atoms with van der Waals surface area (Å²) < 4.78 is 0. The van der Waals surface area contributed by atoms with Crippen LogP contribution in [0.5, 0.6) is 0 Å². The number of aliphatic imine (C=N–C) groups is 1.